The highest BCUT2D eigenvalue weighted by molar-refractivity contribution is 7.92. The molecule has 1 rings (SSSR count). The van der Waals surface area contributed by atoms with Gasteiger partial charge in [0.2, 0.25) is 16.0 Å². The number of nitrogens with zero attached hydrogens (tertiary/aromatic N) is 5. The second-order valence-electron chi connectivity index (χ2n) is 2.91. The summed E-state index contributed by atoms with van der Waals surface area (Å²) in [5.74, 6) is -0.485. The monoisotopic (exact) mass is 258 g/mol. The van der Waals surface area contributed by atoms with Crippen molar-refractivity contribution in [2.75, 3.05) is 17.0 Å². The lowest BCUT2D eigenvalue weighted by atomic mass is 10.4. The summed E-state index contributed by atoms with van der Waals surface area (Å²) >= 11 is 0. The van der Waals surface area contributed by atoms with Crippen LogP contribution in [0.25, 0.3) is 10.4 Å². The zero-order valence-electron chi connectivity index (χ0n) is 8.68. The zero-order valence-corrected chi connectivity index (χ0v) is 9.50. The number of hydrogen-bond acceptors (Lipinski definition) is 6. The Morgan fingerprint density at radius 3 is 3.00 bits per heavy atom. The van der Waals surface area contributed by atoms with E-state index in [0.29, 0.717) is 5.69 Å². The number of aromatic nitrogens is 2. The van der Waals surface area contributed by atoms with Crippen LogP contribution in [-0.2, 0) is 16.6 Å². The quantitative estimate of drug-likeness (QED) is 0.420. The van der Waals surface area contributed by atoms with Gasteiger partial charge in [0.05, 0.1) is 18.1 Å². The molecule has 0 aliphatic heterocycles. The Balaban J connectivity index is 2.72. The lowest BCUT2D eigenvalue weighted by molar-refractivity contribution is 0.277. The van der Waals surface area contributed by atoms with Crippen molar-refractivity contribution in [3.63, 3.8) is 0 Å². The molecule has 10 heteroatoms. The lowest BCUT2D eigenvalue weighted by Gasteiger charge is -2.05. The minimum atomic E-state index is -3.65. The summed E-state index contributed by atoms with van der Waals surface area (Å²) in [4.78, 5) is 9.88. The molecule has 0 saturated heterocycles. The van der Waals surface area contributed by atoms with Gasteiger partial charge < -0.3 is 5.11 Å². The van der Waals surface area contributed by atoms with Crippen LogP contribution in [0.1, 0.15) is 5.69 Å². The molecule has 0 aromatic carbocycles. The summed E-state index contributed by atoms with van der Waals surface area (Å²) in [5.41, 5.74) is 8.31. The molecule has 1 heterocycles. The van der Waals surface area contributed by atoms with Crippen LogP contribution in [0, 0.1) is 0 Å². The van der Waals surface area contributed by atoms with Crippen molar-refractivity contribution in [2.24, 2.45) is 5.11 Å². The van der Waals surface area contributed by atoms with Crippen LogP contribution < -0.4 is 4.72 Å². The van der Waals surface area contributed by atoms with Crippen molar-refractivity contribution in [1.82, 2.24) is 9.97 Å². The highest BCUT2D eigenvalue weighted by Crippen LogP contribution is 2.03. The van der Waals surface area contributed by atoms with Crippen LogP contribution in [-0.4, -0.2) is 35.8 Å². The third-order valence-electron chi connectivity index (χ3n) is 1.65. The van der Waals surface area contributed by atoms with Crippen LogP contribution in [0.3, 0.4) is 0 Å². The molecule has 0 fully saturated rings. The molecule has 9 nitrogen and oxygen atoms in total. The number of aliphatic hydroxyl groups is 1. The molecule has 0 amide bonds. The highest BCUT2D eigenvalue weighted by Gasteiger charge is 2.11. The van der Waals surface area contributed by atoms with E-state index in [2.05, 4.69) is 24.7 Å². The average molecular weight is 258 g/mol. The molecular weight excluding hydrogens is 248 g/mol. The van der Waals surface area contributed by atoms with Crippen molar-refractivity contribution in [3.05, 3.63) is 28.4 Å². The molecular formula is C7H10N6O3S. The normalized spacial score (nSPS) is 10.6. The van der Waals surface area contributed by atoms with E-state index in [-0.39, 0.29) is 24.9 Å². The van der Waals surface area contributed by atoms with Gasteiger partial charge in [-0.3, -0.25) is 4.72 Å². The van der Waals surface area contributed by atoms with Crippen LogP contribution in [0.4, 0.5) is 5.95 Å². The molecule has 0 spiro atoms. The Hall–Kier alpha value is -1.90. The largest absolute Gasteiger partial charge is 0.390 e. The fraction of sp³-hybridized carbons (Fsp3) is 0.429. The molecule has 0 saturated carbocycles. The summed E-state index contributed by atoms with van der Waals surface area (Å²) in [6.07, 6.45) is 1.32. The summed E-state index contributed by atoms with van der Waals surface area (Å²) in [7, 11) is -3.65. The van der Waals surface area contributed by atoms with Gasteiger partial charge in [0.15, 0.2) is 0 Å². The summed E-state index contributed by atoms with van der Waals surface area (Å²) in [5, 5.41) is 11.9. The number of sulfonamides is 1. The minimum Gasteiger partial charge on any atom is -0.390 e. The second kappa shape index (κ2) is 5.99. The van der Waals surface area contributed by atoms with E-state index in [1.807, 2.05) is 0 Å². The number of aliphatic hydroxyl groups excluding tert-OH is 1. The summed E-state index contributed by atoms with van der Waals surface area (Å²) < 4.78 is 25.0. The first-order chi connectivity index (χ1) is 8.07. The van der Waals surface area contributed by atoms with Gasteiger partial charge in [-0.25, -0.2) is 18.4 Å². The second-order valence-corrected chi connectivity index (χ2v) is 4.75. The van der Waals surface area contributed by atoms with Gasteiger partial charge in [0.1, 0.15) is 0 Å². The smallest absolute Gasteiger partial charge is 0.236 e. The van der Waals surface area contributed by atoms with E-state index in [0.717, 1.165) is 0 Å². The summed E-state index contributed by atoms with van der Waals surface area (Å²) in [6, 6.07) is 1.46. The fourth-order valence-electron chi connectivity index (χ4n) is 0.929. The number of nitrogens with one attached hydrogen (secondary N) is 1. The first-order valence-corrected chi connectivity index (χ1v) is 6.17. The van der Waals surface area contributed by atoms with Crippen molar-refractivity contribution < 1.29 is 13.5 Å². The lowest BCUT2D eigenvalue weighted by Crippen LogP contribution is -2.20. The average Bonchev–Trinajstić information content (AvgIpc) is 2.29. The topological polar surface area (TPSA) is 141 Å². The Morgan fingerprint density at radius 2 is 2.35 bits per heavy atom. The van der Waals surface area contributed by atoms with Crippen molar-refractivity contribution in [3.8, 4) is 0 Å². The number of anilines is 1. The maximum Gasteiger partial charge on any atom is 0.236 e. The third kappa shape index (κ3) is 4.64. The van der Waals surface area contributed by atoms with Gasteiger partial charge >= 0.3 is 0 Å². The number of hydrogen-bond donors (Lipinski definition) is 2. The minimum absolute atomic E-state index is 0.127. The van der Waals surface area contributed by atoms with Crippen molar-refractivity contribution in [2.45, 2.75) is 6.61 Å². The van der Waals surface area contributed by atoms with Crippen LogP contribution >= 0.6 is 0 Å². The first kappa shape index (κ1) is 13.2. The van der Waals surface area contributed by atoms with Gasteiger partial charge in [0, 0.05) is 17.7 Å². The van der Waals surface area contributed by atoms with Gasteiger partial charge in [-0.15, -0.1) is 0 Å². The zero-order chi connectivity index (χ0) is 12.7. The van der Waals surface area contributed by atoms with E-state index in [1.165, 1.54) is 12.3 Å². The van der Waals surface area contributed by atoms with Crippen molar-refractivity contribution >= 4 is 16.0 Å². The first-order valence-electron chi connectivity index (χ1n) is 4.51. The van der Waals surface area contributed by atoms with Gasteiger partial charge in [-0.1, -0.05) is 5.11 Å². The molecule has 17 heavy (non-hydrogen) atoms. The molecule has 1 aromatic rings. The third-order valence-corrected chi connectivity index (χ3v) is 2.86. The Bertz CT molecular complexity index is 524. The Kier molecular flexibility index (Phi) is 4.64. The maximum atomic E-state index is 11.4. The van der Waals surface area contributed by atoms with Gasteiger partial charge in [0.25, 0.3) is 0 Å². The van der Waals surface area contributed by atoms with Gasteiger partial charge in [-0.2, -0.15) is 0 Å². The molecule has 0 unspecified atom stereocenters. The molecule has 1 aromatic heterocycles. The van der Waals surface area contributed by atoms with E-state index >= 15 is 0 Å². The molecule has 0 aliphatic carbocycles. The van der Waals surface area contributed by atoms with Crippen molar-refractivity contribution in [1.29, 1.82) is 0 Å². The number of rotatable bonds is 6. The molecule has 0 atom stereocenters. The predicted octanol–water partition coefficient (Wildman–Crippen LogP) is 0.0209. The Morgan fingerprint density at radius 1 is 1.59 bits per heavy atom. The van der Waals surface area contributed by atoms with E-state index < -0.39 is 10.0 Å². The van der Waals surface area contributed by atoms with E-state index in [4.69, 9.17) is 10.6 Å². The van der Waals surface area contributed by atoms with Crippen LogP contribution in [0.5, 0.6) is 0 Å². The Labute approximate surface area is 97.2 Å². The molecule has 0 aliphatic rings. The molecule has 92 valence electrons. The predicted molar refractivity (Wildman–Crippen MR) is 59.4 cm³/mol. The van der Waals surface area contributed by atoms with E-state index in [1.54, 1.807) is 0 Å². The number of azide groups is 1. The standard InChI is InChI=1S/C7H10N6O3S/c8-13-10-3-4-17(15,16)12-7-9-2-1-6(5-14)11-7/h1-2,14H,3-5H2,(H,9,11,12). The SMILES string of the molecule is [N-]=[N+]=NCCS(=O)(=O)Nc1nccc(CO)n1. The molecule has 0 radical (unpaired) electrons. The molecule has 2 N–H and O–H groups in total. The highest BCUT2D eigenvalue weighted by atomic mass is 32.2. The summed E-state index contributed by atoms with van der Waals surface area (Å²) in [6.45, 7) is -0.485. The van der Waals surface area contributed by atoms with Gasteiger partial charge in [-0.05, 0) is 11.6 Å². The van der Waals surface area contributed by atoms with E-state index in [9.17, 15) is 8.42 Å². The van der Waals surface area contributed by atoms with Crippen LogP contribution in [0.2, 0.25) is 0 Å². The fourth-order valence-corrected chi connectivity index (χ4v) is 1.73. The van der Waals surface area contributed by atoms with Crippen LogP contribution in [0.15, 0.2) is 17.4 Å². The molecule has 0 bridgehead atoms. The maximum absolute atomic E-state index is 11.4.